The summed E-state index contributed by atoms with van der Waals surface area (Å²) in [5.41, 5.74) is 7.87. The maximum absolute atomic E-state index is 10.5. The van der Waals surface area contributed by atoms with Crippen LogP contribution >= 0.6 is 0 Å². The molecule has 1 aromatic carbocycles. The molecule has 2 rings (SSSR count). The third-order valence-corrected chi connectivity index (χ3v) is 2.65. The van der Waals surface area contributed by atoms with E-state index in [-0.39, 0.29) is 12.5 Å². The summed E-state index contributed by atoms with van der Waals surface area (Å²) in [5.74, 6) is 0.267. The normalized spacial score (nSPS) is 18.4. The van der Waals surface area contributed by atoms with Crippen molar-refractivity contribution in [3.63, 3.8) is 0 Å². The van der Waals surface area contributed by atoms with Gasteiger partial charge < -0.3 is 11.1 Å². The number of carbonyl (C=O) groups is 1. The maximum Gasteiger partial charge on any atom is 0.231 e. The van der Waals surface area contributed by atoms with Crippen molar-refractivity contribution in [1.82, 2.24) is 5.32 Å². The smallest absolute Gasteiger partial charge is 0.231 e. The first-order chi connectivity index (χ1) is 6.77. The van der Waals surface area contributed by atoms with Crippen molar-refractivity contribution in [3.8, 4) is 0 Å². The summed E-state index contributed by atoms with van der Waals surface area (Å²) < 4.78 is 0. The largest absolute Gasteiger partial charge is 0.369 e. The molecule has 0 heterocycles. The van der Waals surface area contributed by atoms with E-state index >= 15 is 0 Å². The second-order valence-corrected chi connectivity index (χ2v) is 3.70. The number of nitrogens with one attached hydrogen (secondary N) is 1. The Morgan fingerprint density at radius 3 is 3.00 bits per heavy atom. The van der Waals surface area contributed by atoms with E-state index in [2.05, 4.69) is 29.6 Å². The number of nitrogens with two attached hydrogens (primary N) is 1. The Bertz CT molecular complexity index is 349. The molecule has 0 aliphatic heterocycles. The van der Waals surface area contributed by atoms with Crippen LogP contribution in [0.2, 0.25) is 0 Å². The topological polar surface area (TPSA) is 55.1 Å². The zero-order chi connectivity index (χ0) is 9.97. The zero-order valence-electron chi connectivity index (χ0n) is 7.99. The summed E-state index contributed by atoms with van der Waals surface area (Å²) in [6, 6.07) is 8.42. The van der Waals surface area contributed by atoms with Gasteiger partial charge in [-0.05, 0) is 17.5 Å². The summed E-state index contributed by atoms with van der Waals surface area (Å²) in [6.07, 6.45) is 1.11. The molecule has 0 bridgehead atoms. The van der Waals surface area contributed by atoms with Crippen LogP contribution < -0.4 is 11.1 Å². The average Bonchev–Trinajstić information content (AvgIpc) is 2.12. The molecule has 0 saturated heterocycles. The number of hydrogen-bond donors (Lipinski definition) is 2. The second-order valence-electron chi connectivity index (χ2n) is 3.70. The van der Waals surface area contributed by atoms with Crippen molar-refractivity contribution in [3.05, 3.63) is 35.4 Å². The second kappa shape index (κ2) is 3.80. The molecule has 3 heteroatoms. The summed E-state index contributed by atoms with van der Waals surface area (Å²) in [4.78, 5) is 10.5. The molecule has 3 N–H and O–H groups in total. The Balaban J connectivity index is 1.84. The Morgan fingerprint density at radius 2 is 2.29 bits per heavy atom. The molecule has 0 unspecified atom stereocenters. The third-order valence-electron chi connectivity index (χ3n) is 2.65. The highest BCUT2D eigenvalue weighted by atomic mass is 16.1. The predicted molar refractivity (Wildman–Crippen MR) is 55.0 cm³/mol. The molecule has 14 heavy (non-hydrogen) atoms. The molecular formula is C11H14N2O. The molecule has 1 atom stereocenters. The minimum Gasteiger partial charge on any atom is -0.369 e. The minimum absolute atomic E-state index is 0.276. The maximum atomic E-state index is 10.5. The lowest BCUT2D eigenvalue weighted by Gasteiger charge is -2.30. The highest BCUT2D eigenvalue weighted by Gasteiger charge is 2.24. The lowest BCUT2D eigenvalue weighted by molar-refractivity contribution is -0.117. The number of primary amides is 1. The summed E-state index contributed by atoms with van der Waals surface area (Å²) >= 11 is 0. The van der Waals surface area contributed by atoms with Gasteiger partial charge >= 0.3 is 0 Å². The molecule has 0 spiro atoms. The van der Waals surface area contributed by atoms with E-state index in [0.717, 1.165) is 13.0 Å². The summed E-state index contributed by atoms with van der Waals surface area (Å²) in [7, 11) is 0. The molecule has 74 valence electrons. The van der Waals surface area contributed by atoms with Gasteiger partial charge in [0.15, 0.2) is 0 Å². The van der Waals surface area contributed by atoms with Crippen LogP contribution in [0.1, 0.15) is 17.0 Å². The molecule has 1 amide bonds. The quantitative estimate of drug-likeness (QED) is 0.722. The van der Waals surface area contributed by atoms with Crippen LogP contribution in [0.25, 0.3) is 0 Å². The Kier molecular flexibility index (Phi) is 2.50. The van der Waals surface area contributed by atoms with Crippen LogP contribution in [0, 0.1) is 0 Å². The number of hydrogen-bond acceptors (Lipinski definition) is 2. The van der Waals surface area contributed by atoms with Crippen molar-refractivity contribution in [2.24, 2.45) is 5.73 Å². The Labute approximate surface area is 83.3 Å². The van der Waals surface area contributed by atoms with Crippen LogP contribution in [0.3, 0.4) is 0 Å². The first-order valence-electron chi connectivity index (χ1n) is 4.84. The fourth-order valence-electron chi connectivity index (χ4n) is 1.91. The van der Waals surface area contributed by atoms with E-state index in [4.69, 9.17) is 5.73 Å². The molecule has 0 radical (unpaired) electrons. The van der Waals surface area contributed by atoms with Gasteiger partial charge in [-0.2, -0.15) is 0 Å². The Morgan fingerprint density at radius 1 is 1.50 bits per heavy atom. The summed E-state index contributed by atoms with van der Waals surface area (Å²) in [5, 5.41) is 3.05. The molecule has 1 aliphatic carbocycles. The van der Waals surface area contributed by atoms with Gasteiger partial charge in [-0.15, -0.1) is 0 Å². The lowest BCUT2D eigenvalue weighted by Crippen LogP contribution is -2.34. The molecule has 0 saturated carbocycles. The molecule has 1 aliphatic rings. The van der Waals surface area contributed by atoms with Gasteiger partial charge in [-0.1, -0.05) is 24.3 Å². The van der Waals surface area contributed by atoms with E-state index in [1.54, 1.807) is 0 Å². The average molecular weight is 190 g/mol. The van der Waals surface area contributed by atoms with Crippen molar-refractivity contribution in [2.75, 3.05) is 13.1 Å². The van der Waals surface area contributed by atoms with E-state index in [1.165, 1.54) is 11.1 Å². The highest BCUT2D eigenvalue weighted by Crippen LogP contribution is 2.33. The Hall–Kier alpha value is -1.35. The number of fused-ring (bicyclic) bond motifs is 1. The number of rotatable bonds is 4. The van der Waals surface area contributed by atoms with E-state index < -0.39 is 0 Å². The predicted octanol–water partition coefficient (Wildman–Crippen LogP) is 0.401. The SMILES string of the molecule is NC(=O)CNC[C@H]1Cc2ccccc21. The van der Waals surface area contributed by atoms with Crippen LogP contribution in [-0.2, 0) is 11.2 Å². The molecular weight excluding hydrogens is 176 g/mol. The van der Waals surface area contributed by atoms with Crippen molar-refractivity contribution >= 4 is 5.91 Å². The standard InChI is InChI=1S/C11H14N2O/c12-11(14)7-13-6-9-5-8-3-1-2-4-10(8)9/h1-4,9,13H,5-7H2,(H2,12,14)/t9-/m1/s1. The zero-order valence-corrected chi connectivity index (χ0v) is 7.99. The van der Waals surface area contributed by atoms with Crippen molar-refractivity contribution < 1.29 is 4.79 Å². The van der Waals surface area contributed by atoms with Crippen molar-refractivity contribution in [2.45, 2.75) is 12.3 Å². The van der Waals surface area contributed by atoms with Gasteiger partial charge in [-0.3, -0.25) is 4.79 Å². The van der Waals surface area contributed by atoms with Gasteiger partial charge in [0.2, 0.25) is 5.91 Å². The van der Waals surface area contributed by atoms with Gasteiger partial charge in [-0.25, -0.2) is 0 Å². The van der Waals surface area contributed by atoms with Gasteiger partial charge in [0.1, 0.15) is 0 Å². The first-order valence-corrected chi connectivity index (χ1v) is 4.84. The monoisotopic (exact) mass is 190 g/mol. The van der Waals surface area contributed by atoms with Gasteiger partial charge in [0, 0.05) is 12.5 Å². The van der Waals surface area contributed by atoms with Gasteiger partial charge in [0.25, 0.3) is 0 Å². The molecule has 0 fully saturated rings. The van der Waals surface area contributed by atoms with E-state index in [0.29, 0.717) is 5.92 Å². The fourth-order valence-corrected chi connectivity index (χ4v) is 1.91. The first kappa shape index (κ1) is 9.21. The number of amides is 1. The van der Waals surface area contributed by atoms with E-state index in [9.17, 15) is 4.79 Å². The molecule has 0 aromatic heterocycles. The van der Waals surface area contributed by atoms with Crippen LogP contribution in [0.15, 0.2) is 24.3 Å². The molecule has 1 aromatic rings. The third kappa shape index (κ3) is 1.77. The summed E-state index contributed by atoms with van der Waals surface area (Å²) in [6.45, 7) is 1.12. The van der Waals surface area contributed by atoms with Crippen molar-refractivity contribution in [1.29, 1.82) is 0 Å². The lowest BCUT2D eigenvalue weighted by atomic mass is 9.78. The number of benzene rings is 1. The highest BCUT2D eigenvalue weighted by molar-refractivity contribution is 5.75. The van der Waals surface area contributed by atoms with Crippen LogP contribution in [0.5, 0.6) is 0 Å². The minimum atomic E-state index is -0.294. The van der Waals surface area contributed by atoms with Gasteiger partial charge in [0.05, 0.1) is 6.54 Å². The van der Waals surface area contributed by atoms with Crippen LogP contribution in [-0.4, -0.2) is 19.0 Å². The van der Waals surface area contributed by atoms with Crippen LogP contribution in [0.4, 0.5) is 0 Å². The van der Waals surface area contributed by atoms with E-state index in [1.807, 2.05) is 0 Å². The molecule has 3 nitrogen and oxygen atoms in total. The fraction of sp³-hybridized carbons (Fsp3) is 0.364. The number of carbonyl (C=O) groups excluding carboxylic acids is 1.